The third kappa shape index (κ3) is 6.26. The van der Waals surface area contributed by atoms with E-state index in [0.717, 1.165) is 12.8 Å². The first-order valence-electron chi connectivity index (χ1n) is 25.1. The van der Waals surface area contributed by atoms with Crippen molar-refractivity contribution in [2.45, 2.75) is 12.8 Å². The highest BCUT2D eigenvalue weighted by atomic mass is 32.1. The Labute approximate surface area is 421 Å². The topological polar surface area (TPSA) is 4.93 Å². The summed E-state index contributed by atoms with van der Waals surface area (Å²) in [6.45, 7) is 0. The maximum atomic E-state index is 2.54. The molecule has 1 aliphatic rings. The highest BCUT2D eigenvalue weighted by molar-refractivity contribution is 7.26. The van der Waals surface area contributed by atoms with E-state index >= 15 is 0 Å². The second kappa shape index (κ2) is 16.4. The van der Waals surface area contributed by atoms with Crippen molar-refractivity contribution in [1.29, 1.82) is 0 Å². The summed E-state index contributed by atoms with van der Waals surface area (Å²) in [4.78, 5) is 0. The van der Waals surface area contributed by atoms with E-state index in [2.05, 4.69) is 253 Å². The van der Waals surface area contributed by atoms with Crippen LogP contribution in [0.15, 0.2) is 249 Å². The molecule has 2 heterocycles. The number of fused-ring (bicyclic) bond motifs is 10. The molecule has 0 bridgehead atoms. The van der Waals surface area contributed by atoms with Crippen molar-refractivity contribution >= 4 is 102 Å². The van der Waals surface area contributed by atoms with Gasteiger partial charge < -0.3 is 4.57 Å². The highest BCUT2D eigenvalue weighted by Gasteiger charge is 2.24. The molecule has 1 aliphatic carbocycles. The fraction of sp³-hybridized carbons (Fsp3) is 0.0286. The predicted molar refractivity (Wildman–Crippen MR) is 312 cm³/mol. The average Bonchev–Trinajstić information content (AvgIpc) is 3.99. The molecular formula is C70H45NS. The molecule has 2 heteroatoms. The molecule has 15 rings (SSSR count). The van der Waals surface area contributed by atoms with E-state index in [1.807, 2.05) is 11.3 Å². The van der Waals surface area contributed by atoms with Gasteiger partial charge in [0.15, 0.2) is 0 Å². The zero-order valence-electron chi connectivity index (χ0n) is 39.4. The van der Waals surface area contributed by atoms with Crippen LogP contribution in [0.3, 0.4) is 0 Å². The average molecular weight is 932 g/mol. The Morgan fingerprint density at radius 1 is 0.319 bits per heavy atom. The van der Waals surface area contributed by atoms with Gasteiger partial charge in [-0.25, -0.2) is 0 Å². The third-order valence-electron chi connectivity index (χ3n) is 15.4. The van der Waals surface area contributed by atoms with Crippen molar-refractivity contribution in [1.82, 2.24) is 4.57 Å². The molecule has 0 atom stereocenters. The predicted octanol–water partition coefficient (Wildman–Crippen LogP) is 20.2. The Bertz CT molecular complexity index is 4390. The van der Waals surface area contributed by atoms with E-state index < -0.39 is 0 Å². The summed E-state index contributed by atoms with van der Waals surface area (Å²) in [5.74, 6) is 0. The summed E-state index contributed by atoms with van der Waals surface area (Å²) in [5.41, 5.74) is 16.2. The van der Waals surface area contributed by atoms with Gasteiger partial charge >= 0.3 is 0 Å². The molecule has 2 aromatic heterocycles. The molecule has 14 aromatic rings. The van der Waals surface area contributed by atoms with Crippen LogP contribution >= 0.6 is 11.3 Å². The number of hydrogen-bond donors (Lipinski definition) is 0. The number of rotatable bonds is 6. The van der Waals surface area contributed by atoms with Crippen molar-refractivity contribution in [2.24, 2.45) is 0 Å². The van der Waals surface area contributed by atoms with Gasteiger partial charge in [-0.05, 0) is 126 Å². The van der Waals surface area contributed by atoms with Crippen LogP contribution in [0.1, 0.15) is 18.4 Å². The van der Waals surface area contributed by atoms with Gasteiger partial charge in [0.1, 0.15) is 0 Å². The molecule has 336 valence electrons. The fourth-order valence-electron chi connectivity index (χ4n) is 12.2. The molecule has 12 aromatic carbocycles. The van der Waals surface area contributed by atoms with E-state index in [-0.39, 0.29) is 0 Å². The minimum absolute atomic E-state index is 1.07. The maximum Gasteiger partial charge on any atom is 0.0619 e. The monoisotopic (exact) mass is 931 g/mol. The van der Waals surface area contributed by atoms with Crippen LogP contribution in [0.4, 0.5) is 0 Å². The van der Waals surface area contributed by atoms with Gasteiger partial charge in [0, 0.05) is 47.3 Å². The molecule has 0 aliphatic heterocycles. The smallest absolute Gasteiger partial charge is 0.0619 e. The van der Waals surface area contributed by atoms with Gasteiger partial charge in [-0.15, -0.1) is 11.3 Å². The summed E-state index contributed by atoms with van der Waals surface area (Å²) in [5, 5.41) is 15.2. The van der Waals surface area contributed by atoms with Gasteiger partial charge in [-0.3, -0.25) is 0 Å². The van der Waals surface area contributed by atoms with E-state index in [9.17, 15) is 0 Å². The van der Waals surface area contributed by atoms with Crippen LogP contribution in [-0.2, 0) is 0 Å². The van der Waals surface area contributed by atoms with Crippen LogP contribution in [0.25, 0.3) is 141 Å². The Morgan fingerprint density at radius 3 is 1.35 bits per heavy atom. The van der Waals surface area contributed by atoms with E-state index in [4.69, 9.17) is 0 Å². The Kier molecular flexibility index (Phi) is 9.33. The summed E-state index contributed by atoms with van der Waals surface area (Å²) >= 11 is 1.93. The van der Waals surface area contributed by atoms with Crippen molar-refractivity contribution in [3.05, 3.63) is 254 Å². The lowest BCUT2D eigenvalue weighted by Crippen LogP contribution is -1.99. The van der Waals surface area contributed by atoms with Crippen LogP contribution < -0.4 is 0 Å². The largest absolute Gasteiger partial charge is 0.308 e. The molecular weight excluding hydrogens is 887 g/mol. The lowest BCUT2D eigenvalue weighted by molar-refractivity contribution is 1.04. The first-order valence-corrected chi connectivity index (χ1v) is 26.0. The quantitative estimate of drug-likeness (QED) is 0.146. The molecule has 0 amide bonds. The molecule has 0 saturated carbocycles. The molecule has 0 unspecified atom stereocenters. The number of allylic oxidation sites excluding steroid dienone is 4. The first-order chi connectivity index (χ1) is 35.7. The lowest BCUT2D eigenvalue weighted by Gasteiger charge is -2.19. The van der Waals surface area contributed by atoms with Gasteiger partial charge in [0.25, 0.3) is 0 Å². The van der Waals surface area contributed by atoms with E-state index in [0.29, 0.717) is 0 Å². The molecule has 0 saturated heterocycles. The summed E-state index contributed by atoms with van der Waals surface area (Å²) in [6, 6.07) is 86.1. The molecule has 0 spiro atoms. The second-order valence-corrected chi connectivity index (χ2v) is 20.4. The number of hydrogen-bond acceptors (Lipinski definition) is 1. The van der Waals surface area contributed by atoms with E-state index in [1.165, 1.54) is 146 Å². The minimum atomic E-state index is 1.07. The Balaban J connectivity index is 0.952. The zero-order valence-corrected chi connectivity index (χ0v) is 40.3. The van der Waals surface area contributed by atoms with Gasteiger partial charge in [0.05, 0.1) is 16.7 Å². The first kappa shape index (κ1) is 41.0. The SMILES string of the molecule is C1=CC(c2c3ccccc3c(-c3cccc4c3sc3cc(-c5c6ccccc6c(-n6c7ccc(-c8ccccc8)cc7c7cc(-c8ccccc8)ccc76)c6ccccc56)ccc34)c3ccccc23)=CCC1. The van der Waals surface area contributed by atoms with Crippen molar-refractivity contribution in [2.75, 3.05) is 0 Å². The minimum Gasteiger partial charge on any atom is -0.308 e. The summed E-state index contributed by atoms with van der Waals surface area (Å²) in [6.07, 6.45) is 9.25. The molecule has 0 N–H and O–H groups in total. The highest BCUT2D eigenvalue weighted by Crippen LogP contribution is 2.50. The molecule has 0 radical (unpaired) electrons. The van der Waals surface area contributed by atoms with Crippen LogP contribution in [0.5, 0.6) is 0 Å². The number of thiophene rings is 1. The summed E-state index contributed by atoms with van der Waals surface area (Å²) < 4.78 is 5.16. The van der Waals surface area contributed by atoms with Crippen LogP contribution in [0.2, 0.25) is 0 Å². The third-order valence-corrected chi connectivity index (χ3v) is 16.6. The zero-order chi connectivity index (χ0) is 47.3. The number of aromatic nitrogens is 1. The van der Waals surface area contributed by atoms with Crippen molar-refractivity contribution < 1.29 is 0 Å². The Hall–Kier alpha value is -8.82. The number of benzene rings is 12. The van der Waals surface area contributed by atoms with Crippen molar-refractivity contribution in [3.63, 3.8) is 0 Å². The van der Waals surface area contributed by atoms with Crippen LogP contribution in [0, 0.1) is 0 Å². The normalized spacial score (nSPS) is 12.9. The second-order valence-electron chi connectivity index (χ2n) is 19.3. The maximum absolute atomic E-state index is 2.54. The van der Waals surface area contributed by atoms with Gasteiger partial charge in [0.2, 0.25) is 0 Å². The van der Waals surface area contributed by atoms with E-state index in [1.54, 1.807) is 0 Å². The lowest BCUT2D eigenvalue weighted by atomic mass is 9.84. The molecule has 1 nitrogen and oxygen atoms in total. The summed E-state index contributed by atoms with van der Waals surface area (Å²) in [7, 11) is 0. The number of nitrogens with zero attached hydrogens (tertiary/aromatic N) is 1. The fourth-order valence-corrected chi connectivity index (χ4v) is 13.5. The van der Waals surface area contributed by atoms with Crippen molar-refractivity contribution in [3.8, 4) is 50.2 Å². The molecule has 0 fully saturated rings. The van der Waals surface area contributed by atoms with Gasteiger partial charge in [-0.2, -0.15) is 0 Å². The Morgan fingerprint density at radius 2 is 0.806 bits per heavy atom. The van der Waals surface area contributed by atoms with Gasteiger partial charge in [-0.1, -0.05) is 218 Å². The molecule has 72 heavy (non-hydrogen) atoms. The standard InChI is InChI=1S/C70H45NS/c1-4-19-44(20-5-1)47-36-39-63-61(41-47)62-42-48(45-21-6-2-7-22-45)37-40-64(62)71(63)69-57-31-16-14-29-55(57)67(56-30-15-17-32-58(56)69)49-35-38-50-59-33-18-34-60(70(59)72-65(50)43-49)68-53-27-12-10-25-51(53)66(46-23-8-3-9-24-46)52-26-11-13-28-54(52)68/h1-2,4-8,10-43H,3,9H2. The van der Waals surface area contributed by atoms with Crippen LogP contribution in [-0.4, -0.2) is 4.57 Å².